The highest BCUT2D eigenvalue weighted by molar-refractivity contribution is 5.83. The average molecular weight is 290 g/mol. The summed E-state index contributed by atoms with van der Waals surface area (Å²) in [5, 5.41) is 9.80. The number of hydrogen-bond acceptors (Lipinski definition) is 3. The standard InChI is InChI=1S/C15H19FN4O/c1-10-4-5-11(6-13(10)16)7-18-15(21)14(17-2)12-8-19-20(3)9-12/h4-6,8-9,14,17H,7H2,1-3H3,(H,18,21). The summed E-state index contributed by atoms with van der Waals surface area (Å²) in [5.74, 6) is -0.439. The summed E-state index contributed by atoms with van der Waals surface area (Å²) in [5.41, 5.74) is 2.11. The molecule has 21 heavy (non-hydrogen) atoms. The number of likely N-dealkylation sites (N-methyl/N-ethyl adjacent to an activating group) is 1. The number of carbonyl (C=O) groups excluding carboxylic acids is 1. The van der Waals surface area contributed by atoms with Crippen LogP contribution >= 0.6 is 0 Å². The summed E-state index contributed by atoms with van der Waals surface area (Å²) in [6.07, 6.45) is 3.43. The van der Waals surface area contributed by atoms with E-state index in [4.69, 9.17) is 0 Å². The second-order valence-electron chi connectivity index (χ2n) is 4.97. The number of hydrogen-bond donors (Lipinski definition) is 2. The van der Waals surface area contributed by atoms with Crippen molar-refractivity contribution < 1.29 is 9.18 Å². The SMILES string of the molecule is CNC(C(=O)NCc1ccc(C)c(F)c1)c1cnn(C)c1. The molecule has 0 aliphatic rings. The topological polar surface area (TPSA) is 59.0 Å². The fourth-order valence-electron chi connectivity index (χ4n) is 2.08. The van der Waals surface area contributed by atoms with Gasteiger partial charge in [-0.05, 0) is 31.2 Å². The zero-order chi connectivity index (χ0) is 15.4. The Balaban J connectivity index is 2.01. The number of benzene rings is 1. The Morgan fingerprint density at radius 3 is 2.81 bits per heavy atom. The molecule has 0 bridgehead atoms. The van der Waals surface area contributed by atoms with Crippen molar-refractivity contribution in [3.05, 3.63) is 53.1 Å². The van der Waals surface area contributed by atoms with Crippen LogP contribution in [0.3, 0.4) is 0 Å². The Hall–Kier alpha value is -2.21. The predicted molar refractivity (Wildman–Crippen MR) is 78.0 cm³/mol. The molecule has 5 nitrogen and oxygen atoms in total. The molecular formula is C15H19FN4O. The molecule has 1 aromatic carbocycles. The van der Waals surface area contributed by atoms with Gasteiger partial charge >= 0.3 is 0 Å². The lowest BCUT2D eigenvalue weighted by Crippen LogP contribution is -2.35. The van der Waals surface area contributed by atoms with Crippen LogP contribution < -0.4 is 10.6 Å². The summed E-state index contributed by atoms with van der Waals surface area (Å²) in [7, 11) is 3.51. The van der Waals surface area contributed by atoms with Crippen molar-refractivity contribution in [3.8, 4) is 0 Å². The number of amides is 1. The molecule has 112 valence electrons. The van der Waals surface area contributed by atoms with Crippen molar-refractivity contribution in [2.45, 2.75) is 19.5 Å². The molecule has 2 N–H and O–H groups in total. The smallest absolute Gasteiger partial charge is 0.242 e. The molecule has 1 unspecified atom stereocenters. The van der Waals surface area contributed by atoms with Gasteiger partial charge in [0, 0.05) is 25.4 Å². The van der Waals surface area contributed by atoms with Gasteiger partial charge in [0.2, 0.25) is 5.91 Å². The van der Waals surface area contributed by atoms with E-state index < -0.39 is 6.04 Å². The van der Waals surface area contributed by atoms with Crippen LogP contribution in [0.1, 0.15) is 22.7 Å². The van der Waals surface area contributed by atoms with E-state index in [0.29, 0.717) is 5.56 Å². The number of aryl methyl sites for hydroxylation is 2. The van der Waals surface area contributed by atoms with E-state index in [1.165, 1.54) is 6.07 Å². The maximum Gasteiger partial charge on any atom is 0.242 e. The first-order chi connectivity index (χ1) is 10.0. The third kappa shape index (κ3) is 3.66. The fraction of sp³-hybridized carbons (Fsp3) is 0.333. The minimum atomic E-state index is -0.478. The van der Waals surface area contributed by atoms with E-state index in [1.54, 1.807) is 50.2 Å². The lowest BCUT2D eigenvalue weighted by Gasteiger charge is -2.14. The van der Waals surface area contributed by atoms with Crippen molar-refractivity contribution >= 4 is 5.91 Å². The molecule has 0 radical (unpaired) electrons. The van der Waals surface area contributed by atoms with Gasteiger partial charge in [0.25, 0.3) is 0 Å². The van der Waals surface area contributed by atoms with Crippen LogP contribution in [-0.2, 0) is 18.4 Å². The molecule has 6 heteroatoms. The van der Waals surface area contributed by atoms with E-state index in [1.807, 2.05) is 0 Å². The van der Waals surface area contributed by atoms with Gasteiger partial charge in [0.05, 0.1) is 6.20 Å². The molecule has 0 saturated carbocycles. The first-order valence-corrected chi connectivity index (χ1v) is 6.70. The normalized spacial score (nSPS) is 12.2. The summed E-state index contributed by atoms with van der Waals surface area (Å²) in [6, 6.07) is 4.47. The van der Waals surface area contributed by atoms with Crippen molar-refractivity contribution in [1.29, 1.82) is 0 Å². The van der Waals surface area contributed by atoms with Crippen molar-refractivity contribution in [3.63, 3.8) is 0 Å². The highest BCUT2D eigenvalue weighted by atomic mass is 19.1. The van der Waals surface area contributed by atoms with E-state index in [-0.39, 0.29) is 18.3 Å². The van der Waals surface area contributed by atoms with Gasteiger partial charge in [-0.1, -0.05) is 12.1 Å². The minimum absolute atomic E-state index is 0.175. The number of carbonyl (C=O) groups is 1. The molecule has 1 heterocycles. The monoisotopic (exact) mass is 290 g/mol. The molecule has 0 fully saturated rings. The first-order valence-electron chi connectivity index (χ1n) is 6.70. The molecule has 0 saturated heterocycles. The summed E-state index contributed by atoms with van der Waals surface area (Å²) >= 11 is 0. The van der Waals surface area contributed by atoms with Crippen molar-refractivity contribution in [2.24, 2.45) is 7.05 Å². The zero-order valence-electron chi connectivity index (χ0n) is 12.4. The Morgan fingerprint density at radius 2 is 2.24 bits per heavy atom. The lowest BCUT2D eigenvalue weighted by atomic mass is 10.1. The molecule has 1 amide bonds. The lowest BCUT2D eigenvalue weighted by molar-refractivity contribution is -0.123. The molecule has 0 aliphatic heterocycles. The molecule has 1 aromatic heterocycles. The van der Waals surface area contributed by atoms with Crippen LogP contribution in [-0.4, -0.2) is 22.7 Å². The summed E-state index contributed by atoms with van der Waals surface area (Å²) < 4.78 is 15.1. The summed E-state index contributed by atoms with van der Waals surface area (Å²) in [4.78, 5) is 12.2. The van der Waals surface area contributed by atoms with Crippen molar-refractivity contribution in [2.75, 3.05) is 7.05 Å². The Labute approximate surface area is 123 Å². The van der Waals surface area contributed by atoms with Gasteiger partial charge in [-0.15, -0.1) is 0 Å². The number of nitrogens with zero attached hydrogens (tertiary/aromatic N) is 2. The summed E-state index contributed by atoms with van der Waals surface area (Å²) in [6.45, 7) is 1.99. The third-order valence-electron chi connectivity index (χ3n) is 3.31. The van der Waals surface area contributed by atoms with E-state index in [9.17, 15) is 9.18 Å². The molecule has 0 spiro atoms. The minimum Gasteiger partial charge on any atom is -0.350 e. The predicted octanol–water partition coefficient (Wildman–Crippen LogP) is 1.44. The van der Waals surface area contributed by atoms with Crippen molar-refractivity contribution in [1.82, 2.24) is 20.4 Å². The highest BCUT2D eigenvalue weighted by Crippen LogP contribution is 2.12. The van der Waals surface area contributed by atoms with Gasteiger partial charge in [-0.25, -0.2) is 4.39 Å². The maximum absolute atomic E-state index is 13.5. The highest BCUT2D eigenvalue weighted by Gasteiger charge is 2.19. The molecule has 2 rings (SSSR count). The Morgan fingerprint density at radius 1 is 1.48 bits per heavy atom. The number of rotatable bonds is 5. The maximum atomic E-state index is 13.5. The van der Waals surface area contributed by atoms with E-state index >= 15 is 0 Å². The van der Waals surface area contributed by atoms with Gasteiger partial charge < -0.3 is 10.6 Å². The zero-order valence-corrected chi connectivity index (χ0v) is 12.4. The molecule has 2 aromatic rings. The molecule has 1 atom stereocenters. The van der Waals surface area contributed by atoms with Crippen LogP contribution in [0, 0.1) is 12.7 Å². The first kappa shape index (κ1) is 15.2. The second kappa shape index (κ2) is 6.49. The van der Waals surface area contributed by atoms with Crippen LogP contribution in [0.15, 0.2) is 30.6 Å². The quantitative estimate of drug-likeness (QED) is 0.876. The molecule has 0 aliphatic carbocycles. The molecular weight excluding hydrogens is 271 g/mol. The van der Waals surface area contributed by atoms with E-state index in [2.05, 4.69) is 15.7 Å². The van der Waals surface area contributed by atoms with Crippen LogP contribution in [0.2, 0.25) is 0 Å². The average Bonchev–Trinajstić information content (AvgIpc) is 2.87. The largest absolute Gasteiger partial charge is 0.350 e. The van der Waals surface area contributed by atoms with Gasteiger partial charge in [0.1, 0.15) is 11.9 Å². The number of halogens is 1. The van der Waals surface area contributed by atoms with E-state index in [0.717, 1.165) is 11.1 Å². The van der Waals surface area contributed by atoms with Gasteiger partial charge in [0.15, 0.2) is 0 Å². The van der Waals surface area contributed by atoms with Crippen LogP contribution in [0.4, 0.5) is 4.39 Å². The number of aromatic nitrogens is 2. The van der Waals surface area contributed by atoms with Gasteiger partial charge in [-0.3, -0.25) is 9.48 Å². The fourth-order valence-corrected chi connectivity index (χ4v) is 2.08. The van der Waals surface area contributed by atoms with Crippen LogP contribution in [0.25, 0.3) is 0 Å². The Bertz CT molecular complexity index is 638. The van der Waals surface area contributed by atoms with Crippen LogP contribution in [0.5, 0.6) is 0 Å². The number of nitrogens with one attached hydrogen (secondary N) is 2. The Kier molecular flexibility index (Phi) is 4.70. The van der Waals surface area contributed by atoms with Gasteiger partial charge in [-0.2, -0.15) is 5.10 Å². The third-order valence-corrected chi connectivity index (χ3v) is 3.31. The second-order valence-corrected chi connectivity index (χ2v) is 4.97.